The van der Waals surface area contributed by atoms with Gasteiger partial charge in [0.25, 0.3) is 0 Å². The van der Waals surface area contributed by atoms with Crippen LogP contribution in [0.15, 0.2) is 24.3 Å². The number of nitro groups is 1. The van der Waals surface area contributed by atoms with Crippen molar-refractivity contribution in [3.8, 4) is 0 Å². The molecule has 0 aliphatic carbocycles. The molecular formula is C16H20N6O2. The van der Waals surface area contributed by atoms with Gasteiger partial charge in [0.15, 0.2) is 0 Å². The molecule has 1 aliphatic rings. The number of hydrogen-bond donors (Lipinski definition) is 2. The van der Waals surface area contributed by atoms with Crippen molar-refractivity contribution in [3.05, 3.63) is 39.9 Å². The van der Waals surface area contributed by atoms with Crippen LogP contribution < -0.4 is 16.0 Å². The van der Waals surface area contributed by atoms with Gasteiger partial charge in [0, 0.05) is 18.8 Å². The van der Waals surface area contributed by atoms with Crippen LogP contribution in [-0.2, 0) is 0 Å². The molecule has 1 aromatic heterocycles. The number of aryl methyl sites for hydroxylation is 1. The second-order valence-electron chi connectivity index (χ2n) is 5.91. The van der Waals surface area contributed by atoms with Crippen LogP contribution in [0.1, 0.15) is 24.8 Å². The predicted molar refractivity (Wildman–Crippen MR) is 93.6 cm³/mol. The zero-order chi connectivity index (χ0) is 17.1. The average molecular weight is 328 g/mol. The third-order valence-corrected chi connectivity index (χ3v) is 4.00. The van der Waals surface area contributed by atoms with Crippen molar-refractivity contribution in [1.29, 1.82) is 0 Å². The molecule has 1 fully saturated rings. The molecule has 1 aromatic carbocycles. The standard InChI is InChI=1S/C16H20N6O2/c1-11-6-5-7-12(10-11)18-15-13(22(23)24)14(17)19-16(20-15)21-8-3-2-4-9-21/h5-7,10H,2-4,8-9H2,1H3,(H3,17,18,19,20). The van der Waals surface area contributed by atoms with Gasteiger partial charge < -0.3 is 16.0 Å². The minimum absolute atomic E-state index is 0.120. The minimum atomic E-state index is -0.548. The van der Waals surface area contributed by atoms with E-state index in [-0.39, 0.29) is 17.3 Å². The minimum Gasteiger partial charge on any atom is -0.378 e. The highest BCUT2D eigenvalue weighted by atomic mass is 16.6. The first-order valence-electron chi connectivity index (χ1n) is 7.95. The molecule has 24 heavy (non-hydrogen) atoms. The monoisotopic (exact) mass is 328 g/mol. The highest BCUT2D eigenvalue weighted by Gasteiger charge is 2.25. The van der Waals surface area contributed by atoms with E-state index in [1.54, 1.807) is 0 Å². The SMILES string of the molecule is Cc1cccc(Nc2nc(N3CCCCC3)nc(N)c2[N+](=O)[O-])c1. The Labute approximate surface area is 139 Å². The van der Waals surface area contributed by atoms with Gasteiger partial charge in [-0.05, 0) is 43.9 Å². The molecular weight excluding hydrogens is 308 g/mol. The van der Waals surface area contributed by atoms with E-state index in [1.165, 1.54) is 6.42 Å². The Morgan fingerprint density at radius 3 is 2.67 bits per heavy atom. The summed E-state index contributed by atoms with van der Waals surface area (Å²) in [7, 11) is 0. The van der Waals surface area contributed by atoms with E-state index < -0.39 is 4.92 Å². The molecule has 3 rings (SSSR count). The predicted octanol–water partition coefficient (Wildman–Crippen LogP) is 3.01. The first-order chi connectivity index (χ1) is 11.5. The number of nitrogens with two attached hydrogens (primary N) is 1. The van der Waals surface area contributed by atoms with Gasteiger partial charge in [0.1, 0.15) is 0 Å². The summed E-state index contributed by atoms with van der Waals surface area (Å²) in [4.78, 5) is 21.4. The molecule has 0 amide bonds. The molecule has 2 aromatic rings. The molecule has 0 saturated carbocycles. The third-order valence-electron chi connectivity index (χ3n) is 4.00. The van der Waals surface area contributed by atoms with Crippen molar-refractivity contribution < 1.29 is 4.92 Å². The lowest BCUT2D eigenvalue weighted by Crippen LogP contribution is -2.31. The van der Waals surface area contributed by atoms with Gasteiger partial charge >= 0.3 is 5.69 Å². The number of anilines is 4. The summed E-state index contributed by atoms with van der Waals surface area (Å²) in [6.45, 7) is 3.62. The maximum absolute atomic E-state index is 11.4. The van der Waals surface area contributed by atoms with Gasteiger partial charge in [-0.2, -0.15) is 9.97 Å². The molecule has 0 radical (unpaired) electrons. The summed E-state index contributed by atoms with van der Waals surface area (Å²) in [6.07, 6.45) is 3.29. The molecule has 3 N–H and O–H groups in total. The van der Waals surface area contributed by atoms with E-state index in [1.807, 2.05) is 36.1 Å². The second-order valence-corrected chi connectivity index (χ2v) is 5.91. The molecule has 8 nitrogen and oxygen atoms in total. The average Bonchev–Trinajstić information content (AvgIpc) is 2.55. The van der Waals surface area contributed by atoms with Crippen molar-refractivity contribution >= 4 is 29.0 Å². The zero-order valence-electron chi connectivity index (χ0n) is 13.5. The van der Waals surface area contributed by atoms with E-state index in [2.05, 4.69) is 15.3 Å². The number of nitrogens with one attached hydrogen (secondary N) is 1. The zero-order valence-corrected chi connectivity index (χ0v) is 13.5. The van der Waals surface area contributed by atoms with E-state index in [0.717, 1.165) is 37.2 Å². The lowest BCUT2D eigenvalue weighted by atomic mass is 10.1. The number of piperidine rings is 1. The Bertz CT molecular complexity index is 758. The number of nitrogen functional groups attached to an aromatic ring is 1. The quantitative estimate of drug-likeness (QED) is 0.655. The van der Waals surface area contributed by atoms with E-state index in [4.69, 9.17) is 5.73 Å². The highest BCUT2D eigenvalue weighted by Crippen LogP contribution is 2.32. The molecule has 0 spiro atoms. The summed E-state index contributed by atoms with van der Waals surface area (Å²) in [5, 5.41) is 14.4. The van der Waals surface area contributed by atoms with Crippen LogP contribution in [0.3, 0.4) is 0 Å². The largest absolute Gasteiger partial charge is 0.378 e. The van der Waals surface area contributed by atoms with Gasteiger partial charge in [0.2, 0.25) is 17.6 Å². The first kappa shape index (κ1) is 16.0. The van der Waals surface area contributed by atoms with Crippen molar-refractivity contribution in [2.45, 2.75) is 26.2 Å². The molecule has 0 atom stereocenters. The van der Waals surface area contributed by atoms with Crippen LogP contribution in [0, 0.1) is 17.0 Å². The Hall–Kier alpha value is -2.90. The smallest absolute Gasteiger partial charge is 0.353 e. The summed E-state index contributed by atoms with van der Waals surface area (Å²) in [5.41, 5.74) is 7.33. The second kappa shape index (κ2) is 6.69. The molecule has 1 saturated heterocycles. The number of aromatic nitrogens is 2. The Morgan fingerprint density at radius 2 is 2.00 bits per heavy atom. The topological polar surface area (TPSA) is 110 Å². The Kier molecular flexibility index (Phi) is 4.45. The maximum atomic E-state index is 11.4. The normalized spacial score (nSPS) is 14.5. The molecule has 1 aliphatic heterocycles. The highest BCUT2D eigenvalue weighted by molar-refractivity contribution is 5.74. The summed E-state index contributed by atoms with van der Waals surface area (Å²) in [5.74, 6) is 0.442. The van der Waals surface area contributed by atoms with Gasteiger partial charge in [0.05, 0.1) is 4.92 Å². The summed E-state index contributed by atoms with van der Waals surface area (Å²) < 4.78 is 0. The number of benzene rings is 1. The van der Waals surface area contributed by atoms with Gasteiger partial charge in [-0.3, -0.25) is 10.1 Å². The van der Waals surface area contributed by atoms with E-state index in [0.29, 0.717) is 5.95 Å². The summed E-state index contributed by atoms with van der Waals surface area (Å²) in [6, 6.07) is 7.55. The maximum Gasteiger partial charge on any atom is 0.353 e. The number of hydrogen-bond acceptors (Lipinski definition) is 7. The van der Waals surface area contributed by atoms with E-state index >= 15 is 0 Å². The lowest BCUT2D eigenvalue weighted by Gasteiger charge is -2.27. The van der Waals surface area contributed by atoms with Crippen LogP contribution in [0.5, 0.6) is 0 Å². The van der Waals surface area contributed by atoms with Crippen molar-refractivity contribution in [2.24, 2.45) is 0 Å². The molecule has 0 unspecified atom stereocenters. The molecule has 0 bridgehead atoms. The van der Waals surface area contributed by atoms with Crippen molar-refractivity contribution in [1.82, 2.24) is 9.97 Å². The molecule has 8 heteroatoms. The van der Waals surface area contributed by atoms with Gasteiger partial charge in [-0.1, -0.05) is 12.1 Å². The third kappa shape index (κ3) is 3.37. The van der Waals surface area contributed by atoms with Crippen LogP contribution in [-0.4, -0.2) is 28.0 Å². The van der Waals surface area contributed by atoms with Crippen LogP contribution in [0.2, 0.25) is 0 Å². The van der Waals surface area contributed by atoms with Crippen LogP contribution >= 0.6 is 0 Å². The molecule has 2 heterocycles. The summed E-state index contributed by atoms with van der Waals surface area (Å²) >= 11 is 0. The number of nitrogens with zero attached hydrogens (tertiary/aromatic N) is 4. The van der Waals surface area contributed by atoms with Gasteiger partial charge in [-0.25, -0.2) is 0 Å². The lowest BCUT2D eigenvalue weighted by molar-refractivity contribution is -0.383. The van der Waals surface area contributed by atoms with Crippen LogP contribution in [0.25, 0.3) is 0 Å². The Balaban J connectivity index is 2.00. The molecule has 126 valence electrons. The van der Waals surface area contributed by atoms with Gasteiger partial charge in [-0.15, -0.1) is 0 Å². The van der Waals surface area contributed by atoms with Crippen molar-refractivity contribution in [3.63, 3.8) is 0 Å². The number of rotatable bonds is 4. The first-order valence-corrected chi connectivity index (χ1v) is 7.95. The fraction of sp³-hybridized carbons (Fsp3) is 0.375. The fourth-order valence-corrected chi connectivity index (χ4v) is 2.82. The van der Waals surface area contributed by atoms with Crippen LogP contribution in [0.4, 0.5) is 29.0 Å². The fourth-order valence-electron chi connectivity index (χ4n) is 2.82. The Morgan fingerprint density at radius 1 is 1.25 bits per heavy atom. The van der Waals surface area contributed by atoms with Crippen molar-refractivity contribution in [2.75, 3.05) is 29.0 Å². The van der Waals surface area contributed by atoms with E-state index in [9.17, 15) is 10.1 Å².